The average molecular weight is 306 g/mol. The van der Waals surface area contributed by atoms with Gasteiger partial charge in [-0.25, -0.2) is 10.2 Å². The highest BCUT2D eigenvalue weighted by Gasteiger charge is 2.45. The molecule has 22 heavy (non-hydrogen) atoms. The third-order valence-electron chi connectivity index (χ3n) is 4.16. The molecule has 0 saturated carbocycles. The Morgan fingerprint density at radius 2 is 2.09 bits per heavy atom. The van der Waals surface area contributed by atoms with Crippen LogP contribution in [0.5, 0.6) is 0 Å². The van der Waals surface area contributed by atoms with Crippen LogP contribution in [0.1, 0.15) is 18.4 Å². The van der Waals surface area contributed by atoms with Crippen LogP contribution in [0.25, 0.3) is 0 Å². The topological polar surface area (TPSA) is 80.1 Å². The molecule has 0 aromatic heterocycles. The lowest BCUT2D eigenvalue weighted by Gasteiger charge is -2.30. The Bertz CT molecular complexity index is 499. The van der Waals surface area contributed by atoms with Crippen molar-refractivity contribution < 1.29 is 14.4 Å². The van der Waals surface area contributed by atoms with Gasteiger partial charge < -0.3 is 9.64 Å². The number of rotatable bonds is 7. The quantitative estimate of drug-likeness (QED) is 0.337. The van der Waals surface area contributed by atoms with E-state index in [0.29, 0.717) is 19.8 Å². The van der Waals surface area contributed by atoms with E-state index >= 15 is 0 Å². The number of nitrogens with one attached hydrogen (secondary N) is 1. The summed E-state index contributed by atoms with van der Waals surface area (Å²) in [6.07, 6.45) is 1.85. The molecule has 3 rings (SSSR count). The summed E-state index contributed by atoms with van der Waals surface area (Å²) in [5.74, 6) is 5.18. The zero-order valence-corrected chi connectivity index (χ0v) is 12.5. The number of nitrogens with two attached hydrogens (primary N) is 1. The first kappa shape index (κ1) is 15.2. The van der Waals surface area contributed by atoms with Crippen molar-refractivity contribution >= 4 is 6.03 Å². The van der Waals surface area contributed by atoms with Crippen LogP contribution in [0.3, 0.4) is 0 Å². The summed E-state index contributed by atoms with van der Waals surface area (Å²) in [4.78, 5) is 20.1. The van der Waals surface area contributed by atoms with Crippen molar-refractivity contribution in [3.63, 3.8) is 0 Å². The van der Waals surface area contributed by atoms with Gasteiger partial charge in [-0.3, -0.25) is 10.7 Å². The van der Waals surface area contributed by atoms with E-state index < -0.39 is 0 Å². The molecule has 7 nitrogen and oxygen atoms in total. The van der Waals surface area contributed by atoms with Gasteiger partial charge in [-0.1, -0.05) is 30.3 Å². The average Bonchev–Trinajstić information content (AvgIpc) is 2.80. The lowest BCUT2D eigenvalue weighted by molar-refractivity contribution is -0.140. The van der Waals surface area contributed by atoms with Gasteiger partial charge in [0.05, 0.1) is 18.7 Å². The first-order valence-electron chi connectivity index (χ1n) is 7.57. The third kappa shape index (κ3) is 3.22. The van der Waals surface area contributed by atoms with Crippen molar-refractivity contribution in [3.8, 4) is 0 Å². The molecule has 2 atom stereocenters. The van der Waals surface area contributed by atoms with Crippen molar-refractivity contribution in [1.29, 1.82) is 0 Å². The van der Waals surface area contributed by atoms with E-state index in [0.717, 1.165) is 18.4 Å². The molecule has 2 bridgehead atoms. The Morgan fingerprint density at radius 1 is 1.27 bits per heavy atom. The highest BCUT2D eigenvalue weighted by molar-refractivity contribution is 5.76. The standard InChI is InChI=1S/C15H22N4O3/c16-17-11-21-10-14-7-6-13-8-18(14)15(20)19(13)22-9-12-4-2-1-3-5-12/h1-5,13-14,17H,6-11,16H2. The molecular weight excluding hydrogens is 284 g/mol. The lowest BCUT2D eigenvalue weighted by Crippen LogP contribution is -2.43. The van der Waals surface area contributed by atoms with Crippen molar-refractivity contribution in [2.45, 2.75) is 31.5 Å². The fraction of sp³-hybridized carbons (Fsp3) is 0.533. The summed E-state index contributed by atoms with van der Waals surface area (Å²) in [5, 5.41) is 1.54. The van der Waals surface area contributed by atoms with Crippen LogP contribution >= 0.6 is 0 Å². The minimum Gasteiger partial charge on any atom is -0.363 e. The van der Waals surface area contributed by atoms with Crippen LogP contribution in [0.4, 0.5) is 4.79 Å². The summed E-state index contributed by atoms with van der Waals surface area (Å²) in [6.45, 7) is 1.90. The maximum atomic E-state index is 12.5. The molecule has 3 N–H and O–H groups in total. The number of hydrogen-bond acceptors (Lipinski definition) is 5. The zero-order valence-electron chi connectivity index (χ0n) is 12.5. The number of carbonyl (C=O) groups is 1. The molecule has 2 saturated heterocycles. The number of amides is 2. The van der Waals surface area contributed by atoms with Crippen molar-refractivity contribution in [1.82, 2.24) is 15.4 Å². The second-order valence-corrected chi connectivity index (χ2v) is 5.62. The summed E-state index contributed by atoms with van der Waals surface area (Å²) < 4.78 is 5.40. The van der Waals surface area contributed by atoms with Gasteiger partial charge in [0.15, 0.2) is 0 Å². The first-order chi connectivity index (χ1) is 10.8. The second-order valence-electron chi connectivity index (χ2n) is 5.62. The number of nitrogens with zero attached hydrogens (tertiary/aromatic N) is 2. The molecule has 2 heterocycles. The number of hydrogen-bond donors (Lipinski definition) is 2. The maximum Gasteiger partial charge on any atom is 0.344 e. The van der Waals surface area contributed by atoms with E-state index in [1.165, 1.54) is 5.06 Å². The fourth-order valence-corrected chi connectivity index (χ4v) is 3.02. The Kier molecular flexibility index (Phi) is 4.89. The van der Waals surface area contributed by atoms with Gasteiger partial charge in [0.2, 0.25) is 0 Å². The number of hydroxylamine groups is 2. The predicted octanol–water partition coefficient (Wildman–Crippen LogP) is 0.824. The van der Waals surface area contributed by atoms with Gasteiger partial charge >= 0.3 is 6.03 Å². The van der Waals surface area contributed by atoms with Gasteiger partial charge in [-0.2, -0.15) is 5.06 Å². The van der Waals surface area contributed by atoms with E-state index in [1.807, 2.05) is 35.2 Å². The Balaban J connectivity index is 1.55. The normalized spacial score (nSPS) is 24.1. The fourth-order valence-electron chi connectivity index (χ4n) is 3.02. The summed E-state index contributed by atoms with van der Waals surface area (Å²) >= 11 is 0. The van der Waals surface area contributed by atoms with E-state index in [-0.39, 0.29) is 24.8 Å². The molecular formula is C15H22N4O3. The summed E-state index contributed by atoms with van der Waals surface area (Å²) in [5.41, 5.74) is 3.50. The number of urea groups is 1. The molecule has 7 heteroatoms. The first-order valence-corrected chi connectivity index (χ1v) is 7.57. The van der Waals surface area contributed by atoms with Crippen LogP contribution in [-0.2, 0) is 16.2 Å². The minimum absolute atomic E-state index is 0.0623. The highest BCUT2D eigenvalue weighted by atomic mass is 16.7. The molecule has 2 aliphatic rings. The minimum atomic E-state index is -0.0623. The van der Waals surface area contributed by atoms with Gasteiger partial charge in [-0.15, -0.1) is 0 Å². The van der Waals surface area contributed by atoms with Crippen molar-refractivity contribution in [3.05, 3.63) is 35.9 Å². The van der Waals surface area contributed by atoms with E-state index in [1.54, 1.807) is 0 Å². The van der Waals surface area contributed by atoms with Crippen LogP contribution in [0.15, 0.2) is 30.3 Å². The third-order valence-corrected chi connectivity index (χ3v) is 4.16. The molecule has 2 aliphatic heterocycles. The highest BCUT2D eigenvalue weighted by Crippen LogP contribution is 2.30. The van der Waals surface area contributed by atoms with Crippen molar-refractivity contribution in [2.75, 3.05) is 19.9 Å². The van der Waals surface area contributed by atoms with Gasteiger partial charge in [-0.05, 0) is 18.4 Å². The maximum absolute atomic E-state index is 12.5. The molecule has 2 unspecified atom stereocenters. The van der Waals surface area contributed by atoms with E-state index in [2.05, 4.69) is 5.43 Å². The lowest BCUT2D eigenvalue weighted by atomic mass is 10.0. The Hall–Kier alpha value is -1.67. The smallest absolute Gasteiger partial charge is 0.344 e. The van der Waals surface area contributed by atoms with Crippen LogP contribution in [-0.4, -0.2) is 48.0 Å². The Labute approximate surface area is 129 Å². The SMILES string of the molecule is NNCOCC1CCC2CN1C(=O)N2OCc1ccccc1. The molecule has 120 valence electrons. The van der Waals surface area contributed by atoms with Gasteiger partial charge in [0.25, 0.3) is 0 Å². The zero-order chi connectivity index (χ0) is 15.4. The molecule has 0 aliphatic carbocycles. The predicted molar refractivity (Wildman–Crippen MR) is 80.1 cm³/mol. The second kappa shape index (κ2) is 7.06. The molecule has 1 aromatic rings. The largest absolute Gasteiger partial charge is 0.363 e. The van der Waals surface area contributed by atoms with Crippen molar-refractivity contribution in [2.24, 2.45) is 5.84 Å². The number of benzene rings is 1. The monoisotopic (exact) mass is 306 g/mol. The molecule has 2 amide bonds. The molecule has 0 spiro atoms. The number of hydrazine groups is 1. The Morgan fingerprint density at radius 3 is 2.86 bits per heavy atom. The number of ether oxygens (including phenoxy) is 1. The summed E-state index contributed by atoms with van der Waals surface area (Å²) in [6, 6.07) is 10.0. The van der Waals surface area contributed by atoms with Crippen LogP contribution < -0.4 is 11.3 Å². The van der Waals surface area contributed by atoms with E-state index in [4.69, 9.17) is 15.4 Å². The number of fused-ring (bicyclic) bond motifs is 2. The van der Waals surface area contributed by atoms with Gasteiger partial charge in [0.1, 0.15) is 13.3 Å². The number of piperidine rings is 1. The van der Waals surface area contributed by atoms with Crippen LogP contribution in [0.2, 0.25) is 0 Å². The molecule has 2 fully saturated rings. The molecule has 1 aromatic carbocycles. The van der Waals surface area contributed by atoms with Crippen LogP contribution in [0, 0.1) is 0 Å². The number of carbonyl (C=O) groups excluding carboxylic acids is 1. The van der Waals surface area contributed by atoms with Gasteiger partial charge in [0, 0.05) is 6.54 Å². The summed E-state index contributed by atoms with van der Waals surface area (Å²) in [7, 11) is 0. The van der Waals surface area contributed by atoms with E-state index in [9.17, 15) is 4.79 Å². The molecule has 0 radical (unpaired) electrons.